The summed E-state index contributed by atoms with van der Waals surface area (Å²) in [7, 11) is 2.17. The number of amides is 1. The minimum atomic E-state index is -0.0233. The number of rotatable bonds is 7. The number of nitrogens with one attached hydrogen (secondary N) is 1. The zero-order valence-electron chi connectivity index (χ0n) is 13.9. The van der Waals surface area contributed by atoms with Gasteiger partial charge < -0.3 is 15.1 Å². The van der Waals surface area contributed by atoms with E-state index in [2.05, 4.69) is 29.1 Å². The second kappa shape index (κ2) is 8.91. The summed E-state index contributed by atoms with van der Waals surface area (Å²) in [5.41, 5.74) is 1.11. The molecule has 1 aliphatic heterocycles. The highest BCUT2D eigenvalue weighted by atomic mass is 16.1. The fraction of sp³-hybridized carbons (Fsp3) is 0.611. The highest BCUT2D eigenvalue weighted by molar-refractivity contribution is 5.83. The molecule has 0 aliphatic carbocycles. The molecule has 1 heterocycles. The monoisotopic (exact) mass is 303 g/mol. The molecule has 0 saturated carbocycles. The van der Waals surface area contributed by atoms with Crippen molar-refractivity contribution in [2.75, 3.05) is 46.3 Å². The molecule has 1 fully saturated rings. The first kappa shape index (κ1) is 17.0. The number of carbonyl (C=O) groups is 1. The highest BCUT2D eigenvalue weighted by Gasteiger charge is 2.18. The number of benzene rings is 1. The van der Waals surface area contributed by atoms with Gasteiger partial charge in [0.1, 0.15) is 0 Å². The number of carbonyl (C=O) groups excluding carboxylic acids is 1. The molecule has 2 rings (SSSR count). The summed E-state index contributed by atoms with van der Waals surface area (Å²) in [6.45, 7) is 8.51. The maximum Gasteiger partial charge on any atom is 0.227 e. The molecule has 0 aromatic heterocycles. The van der Waals surface area contributed by atoms with Gasteiger partial charge in [0, 0.05) is 32.7 Å². The zero-order chi connectivity index (χ0) is 15.8. The van der Waals surface area contributed by atoms with Crippen LogP contribution in [0.1, 0.15) is 31.2 Å². The average molecular weight is 303 g/mol. The van der Waals surface area contributed by atoms with Crippen LogP contribution in [0, 0.1) is 0 Å². The number of piperazine rings is 1. The Morgan fingerprint density at radius 3 is 2.50 bits per heavy atom. The molecular formula is C18H29N3O. The minimum Gasteiger partial charge on any atom is -0.356 e. The Balaban J connectivity index is 1.68. The maximum atomic E-state index is 12.3. The Hall–Kier alpha value is -1.39. The molecule has 1 saturated heterocycles. The van der Waals surface area contributed by atoms with Crippen LogP contribution in [0.2, 0.25) is 0 Å². The minimum absolute atomic E-state index is 0.0233. The van der Waals surface area contributed by atoms with E-state index < -0.39 is 0 Å². The maximum absolute atomic E-state index is 12.3. The van der Waals surface area contributed by atoms with E-state index >= 15 is 0 Å². The van der Waals surface area contributed by atoms with E-state index in [-0.39, 0.29) is 11.8 Å². The molecule has 1 aromatic rings. The topological polar surface area (TPSA) is 35.6 Å². The van der Waals surface area contributed by atoms with Crippen molar-refractivity contribution in [2.45, 2.75) is 25.7 Å². The van der Waals surface area contributed by atoms with Crippen LogP contribution in [-0.4, -0.2) is 62.0 Å². The van der Waals surface area contributed by atoms with E-state index in [4.69, 9.17) is 0 Å². The first-order chi connectivity index (χ1) is 10.7. The molecular weight excluding hydrogens is 274 g/mol. The first-order valence-corrected chi connectivity index (χ1v) is 8.44. The largest absolute Gasteiger partial charge is 0.356 e. The Morgan fingerprint density at radius 1 is 1.18 bits per heavy atom. The summed E-state index contributed by atoms with van der Waals surface area (Å²) in [4.78, 5) is 17.2. The number of likely N-dealkylation sites (N-methyl/N-ethyl adjacent to an activating group) is 1. The van der Waals surface area contributed by atoms with Crippen molar-refractivity contribution in [3.05, 3.63) is 35.9 Å². The summed E-state index contributed by atoms with van der Waals surface area (Å²) in [5.74, 6) is 0.136. The molecule has 1 atom stereocenters. The third-order valence-corrected chi connectivity index (χ3v) is 4.47. The lowest BCUT2D eigenvalue weighted by Crippen LogP contribution is -2.45. The molecule has 122 valence electrons. The number of hydrogen-bond acceptors (Lipinski definition) is 3. The van der Waals surface area contributed by atoms with Crippen molar-refractivity contribution in [1.29, 1.82) is 0 Å². The van der Waals surface area contributed by atoms with Crippen molar-refractivity contribution in [3.63, 3.8) is 0 Å². The van der Waals surface area contributed by atoms with Gasteiger partial charge in [-0.1, -0.05) is 37.3 Å². The van der Waals surface area contributed by atoms with E-state index in [0.717, 1.165) is 57.7 Å². The van der Waals surface area contributed by atoms with E-state index in [1.807, 2.05) is 30.3 Å². The molecule has 0 bridgehead atoms. The highest BCUT2D eigenvalue weighted by Crippen LogP contribution is 2.19. The van der Waals surface area contributed by atoms with Crippen LogP contribution in [0.5, 0.6) is 0 Å². The van der Waals surface area contributed by atoms with Crippen molar-refractivity contribution in [1.82, 2.24) is 15.1 Å². The Morgan fingerprint density at radius 2 is 1.86 bits per heavy atom. The number of hydrogen-bond donors (Lipinski definition) is 1. The molecule has 0 radical (unpaired) electrons. The summed E-state index contributed by atoms with van der Waals surface area (Å²) in [6, 6.07) is 10.1. The zero-order valence-corrected chi connectivity index (χ0v) is 13.9. The van der Waals surface area contributed by atoms with Gasteiger partial charge in [0.25, 0.3) is 0 Å². The van der Waals surface area contributed by atoms with Gasteiger partial charge in [-0.3, -0.25) is 4.79 Å². The molecule has 22 heavy (non-hydrogen) atoms. The van der Waals surface area contributed by atoms with E-state index in [1.165, 1.54) is 0 Å². The van der Waals surface area contributed by atoms with Crippen molar-refractivity contribution >= 4 is 5.91 Å². The van der Waals surface area contributed by atoms with E-state index in [9.17, 15) is 4.79 Å². The van der Waals surface area contributed by atoms with Crippen LogP contribution in [0.4, 0.5) is 0 Å². The Bertz CT molecular complexity index is 441. The first-order valence-electron chi connectivity index (χ1n) is 8.44. The van der Waals surface area contributed by atoms with Crippen molar-refractivity contribution in [3.8, 4) is 0 Å². The molecule has 4 nitrogen and oxygen atoms in total. The van der Waals surface area contributed by atoms with Crippen molar-refractivity contribution in [2.24, 2.45) is 0 Å². The average Bonchev–Trinajstić information content (AvgIpc) is 2.55. The SMILES string of the molecule is CC[C@H](C(=O)NCCCN1CCN(C)CC1)c1ccccc1. The summed E-state index contributed by atoms with van der Waals surface area (Å²) in [5, 5.41) is 3.10. The molecule has 1 aromatic carbocycles. The van der Waals surface area contributed by atoms with Crippen molar-refractivity contribution < 1.29 is 4.79 Å². The summed E-state index contributed by atoms with van der Waals surface area (Å²) in [6.07, 6.45) is 1.87. The molecule has 4 heteroatoms. The molecule has 0 unspecified atom stereocenters. The molecule has 1 N–H and O–H groups in total. The van der Waals surface area contributed by atoms with Crippen LogP contribution in [0.15, 0.2) is 30.3 Å². The quantitative estimate of drug-likeness (QED) is 0.782. The lowest BCUT2D eigenvalue weighted by Gasteiger charge is -2.32. The van der Waals surface area contributed by atoms with Crippen LogP contribution in [0.3, 0.4) is 0 Å². The van der Waals surface area contributed by atoms with Gasteiger partial charge in [-0.15, -0.1) is 0 Å². The molecule has 1 aliphatic rings. The van der Waals surface area contributed by atoms with Gasteiger partial charge in [-0.25, -0.2) is 0 Å². The van der Waals surface area contributed by atoms with Gasteiger partial charge in [0.15, 0.2) is 0 Å². The smallest absolute Gasteiger partial charge is 0.227 e. The van der Waals surface area contributed by atoms with Crippen LogP contribution in [0.25, 0.3) is 0 Å². The van der Waals surface area contributed by atoms with Gasteiger partial charge in [0.2, 0.25) is 5.91 Å². The standard InChI is InChI=1S/C18H29N3O/c1-3-17(16-8-5-4-6-9-16)18(22)19-10-7-11-21-14-12-20(2)13-15-21/h4-6,8-9,17H,3,7,10-15H2,1-2H3,(H,19,22)/t17-/m0/s1. The summed E-state index contributed by atoms with van der Waals surface area (Å²) < 4.78 is 0. The Labute approximate surface area is 134 Å². The number of nitrogens with zero attached hydrogens (tertiary/aromatic N) is 2. The van der Waals surface area contributed by atoms with Gasteiger partial charge >= 0.3 is 0 Å². The van der Waals surface area contributed by atoms with Gasteiger partial charge in [-0.05, 0) is 32.0 Å². The second-order valence-electron chi connectivity index (χ2n) is 6.16. The fourth-order valence-corrected chi connectivity index (χ4v) is 2.97. The van der Waals surface area contributed by atoms with Gasteiger partial charge in [-0.2, -0.15) is 0 Å². The van der Waals surface area contributed by atoms with Crippen LogP contribution in [-0.2, 0) is 4.79 Å². The second-order valence-corrected chi connectivity index (χ2v) is 6.16. The lowest BCUT2D eigenvalue weighted by molar-refractivity contribution is -0.122. The molecule has 0 spiro atoms. The predicted octanol–water partition coefficient (Wildman–Crippen LogP) is 1.93. The fourth-order valence-electron chi connectivity index (χ4n) is 2.97. The summed E-state index contributed by atoms with van der Waals surface area (Å²) >= 11 is 0. The van der Waals surface area contributed by atoms with E-state index in [1.54, 1.807) is 0 Å². The normalized spacial score (nSPS) is 18.1. The van der Waals surface area contributed by atoms with E-state index in [0.29, 0.717) is 0 Å². The Kier molecular flexibility index (Phi) is 6.87. The third kappa shape index (κ3) is 5.11. The molecule has 1 amide bonds. The van der Waals surface area contributed by atoms with Crippen LogP contribution >= 0.6 is 0 Å². The van der Waals surface area contributed by atoms with Crippen LogP contribution < -0.4 is 5.32 Å². The predicted molar refractivity (Wildman–Crippen MR) is 91.0 cm³/mol. The van der Waals surface area contributed by atoms with Gasteiger partial charge in [0.05, 0.1) is 5.92 Å². The third-order valence-electron chi connectivity index (χ3n) is 4.47. The lowest BCUT2D eigenvalue weighted by atomic mass is 9.96.